The van der Waals surface area contributed by atoms with Crippen molar-refractivity contribution in [1.82, 2.24) is 5.43 Å². The average molecular weight is 195 g/mol. The van der Waals surface area contributed by atoms with E-state index in [-0.39, 0.29) is 0 Å². The first-order valence-electron chi connectivity index (χ1n) is 3.95. The van der Waals surface area contributed by atoms with Crippen LogP contribution in [0.3, 0.4) is 0 Å². The van der Waals surface area contributed by atoms with Crippen molar-refractivity contribution in [3.8, 4) is 0 Å². The molecule has 0 saturated carbocycles. The Kier molecular flexibility index (Phi) is 4.06. The van der Waals surface area contributed by atoms with E-state index in [4.69, 9.17) is 11.6 Å². The van der Waals surface area contributed by atoms with E-state index >= 15 is 0 Å². The van der Waals surface area contributed by atoms with Crippen LogP contribution in [0.5, 0.6) is 0 Å². The molecule has 1 N–H and O–H groups in total. The lowest BCUT2D eigenvalue weighted by molar-refractivity contribution is 0.972. The predicted molar refractivity (Wildman–Crippen MR) is 57.0 cm³/mol. The molecule has 68 valence electrons. The molecular formula is C10H11ClN2. The molecule has 0 aliphatic rings. The van der Waals surface area contributed by atoms with E-state index in [1.54, 1.807) is 6.21 Å². The molecule has 0 radical (unpaired) electrons. The van der Waals surface area contributed by atoms with Gasteiger partial charge in [0.05, 0.1) is 0 Å². The highest BCUT2D eigenvalue weighted by Gasteiger charge is 1.90. The Morgan fingerprint density at radius 2 is 2.38 bits per heavy atom. The van der Waals surface area contributed by atoms with E-state index in [2.05, 4.69) is 17.1 Å². The van der Waals surface area contributed by atoms with Crippen molar-refractivity contribution in [3.63, 3.8) is 0 Å². The van der Waals surface area contributed by atoms with E-state index < -0.39 is 0 Å². The first-order valence-corrected chi connectivity index (χ1v) is 4.33. The minimum absolute atomic E-state index is 0.752. The van der Waals surface area contributed by atoms with Crippen LogP contribution in [0.15, 0.2) is 42.1 Å². The first kappa shape index (κ1) is 9.81. The van der Waals surface area contributed by atoms with Crippen LogP contribution >= 0.6 is 11.6 Å². The summed E-state index contributed by atoms with van der Waals surface area (Å²) in [5.41, 5.74) is 3.77. The van der Waals surface area contributed by atoms with Crippen LogP contribution in [0.1, 0.15) is 5.56 Å². The standard InChI is InChI=1S/C10H11ClN2/c1-2-12-13-7-6-9-4-3-5-10(11)8-9/h2-5,7-8,12H,1,6H2/b13-7-. The fourth-order valence-corrected chi connectivity index (χ4v) is 1.13. The van der Waals surface area contributed by atoms with Crippen LogP contribution in [-0.4, -0.2) is 6.21 Å². The summed E-state index contributed by atoms with van der Waals surface area (Å²) in [6.45, 7) is 3.47. The average Bonchev–Trinajstić information content (AvgIpc) is 2.13. The van der Waals surface area contributed by atoms with Gasteiger partial charge in [-0.05, 0) is 17.7 Å². The zero-order valence-corrected chi connectivity index (χ0v) is 7.96. The summed E-state index contributed by atoms with van der Waals surface area (Å²) >= 11 is 5.81. The molecule has 3 heteroatoms. The molecule has 2 nitrogen and oxygen atoms in total. The Labute approximate surface area is 82.9 Å². The maximum absolute atomic E-state index is 5.81. The van der Waals surface area contributed by atoms with E-state index in [1.165, 1.54) is 6.20 Å². The van der Waals surface area contributed by atoms with Gasteiger partial charge in [0.2, 0.25) is 0 Å². The van der Waals surface area contributed by atoms with Crippen molar-refractivity contribution in [1.29, 1.82) is 0 Å². The Balaban J connectivity index is 2.49. The molecule has 0 bridgehead atoms. The third kappa shape index (κ3) is 3.76. The summed E-state index contributed by atoms with van der Waals surface area (Å²) in [7, 11) is 0. The van der Waals surface area contributed by atoms with Gasteiger partial charge in [0, 0.05) is 23.9 Å². The van der Waals surface area contributed by atoms with Gasteiger partial charge < -0.3 is 0 Å². The van der Waals surface area contributed by atoms with Gasteiger partial charge in [0.1, 0.15) is 0 Å². The number of halogens is 1. The molecule has 0 unspecified atom stereocenters. The quantitative estimate of drug-likeness (QED) is 0.578. The SMILES string of the molecule is C=CN/N=C\Cc1cccc(Cl)c1. The normalized spacial score (nSPS) is 10.2. The summed E-state index contributed by atoms with van der Waals surface area (Å²) < 4.78 is 0. The molecule has 1 aromatic rings. The van der Waals surface area contributed by atoms with Crippen LogP contribution in [-0.2, 0) is 6.42 Å². The second-order valence-corrected chi connectivity index (χ2v) is 2.92. The van der Waals surface area contributed by atoms with Crippen molar-refractivity contribution in [2.45, 2.75) is 6.42 Å². The highest BCUT2D eigenvalue weighted by Crippen LogP contribution is 2.10. The molecule has 0 atom stereocenters. The van der Waals surface area contributed by atoms with Crippen LogP contribution in [0, 0.1) is 0 Å². The lowest BCUT2D eigenvalue weighted by Crippen LogP contribution is -1.94. The molecular weight excluding hydrogens is 184 g/mol. The third-order valence-corrected chi connectivity index (χ3v) is 1.71. The highest BCUT2D eigenvalue weighted by molar-refractivity contribution is 6.30. The van der Waals surface area contributed by atoms with E-state index in [0.29, 0.717) is 0 Å². The van der Waals surface area contributed by atoms with Crippen LogP contribution in [0.4, 0.5) is 0 Å². The van der Waals surface area contributed by atoms with Gasteiger partial charge in [0.25, 0.3) is 0 Å². The van der Waals surface area contributed by atoms with Crippen molar-refractivity contribution in [2.75, 3.05) is 0 Å². The Morgan fingerprint density at radius 3 is 3.08 bits per heavy atom. The van der Waals surface area contributed by atoms with Crippen LogP contribution in [0.2, 0.25) is 5.02 Å². The number of benzene rings is 1. The Morgan fingerprint density at radius 1 is 1.54 bits per heavy atom. The fourth-order valence-electron chi connectivity index (χ4n) is 0.920. The topological polar surface area (TPSA) is 24.4 Å². The van der Waals surface area contributed by atoms with Crippen molar-refractivity contribution in [3.05, 3.63) is 47.6 Å². The van der Waals surface area contributed by atoms with Gasteiger partial charge >= 0.3 is 0 Å². The monoisotopic (exact) mass is 194 g/mol. The fraction of sp³-hybridized carbons (Fsp3) is 0.100. The molecule has 1 rings (SSSR count). The number of rotatable bonds is 4. The second kappa shape index (κ2) is 5.38. The minimum atomic E-state index is 0.752. The number of nitrogens with one attached hydrogen (secondary N) is 1. The van der Waals surface area contributed by atoms with Gasteiger partial charge in [-0.2, -0.15) is 5.10 Å². The minimum Gasteiger partial charge on any atom is -0.287 e. The third-order valence-electron chi connectivity index (χ3n) is 1.47. The van der Waals surface area contributed by atoms with Gasteiger partial charge in [0.15, 0.2) is 0 Å². The number of hydrazone groups is 1. The van der Waals surface area contributed by atoms with Crippen molar-refractivity contribution < 1.29 is 0 Å². The summed E-state index contributed by atoms with van der Waals surface area (Å²) in [5.74, 6) is 0. The van der Waals surface area contributed by atoms with Crippen molar-refractivity contribution in [2.24, 2.45) is 5.10 Å². The molecule has 0 aliphatic heterocycles. The second-order valence-electron chi connectivity index (χ2n) is 2.48. The van der Waals surface area contributed by atoms with E-state index in [0.717, 1.165) is 17.0 Å². The Hall–Kier alpha value is -1.28. The lowest BCUT2D eigenvalue weighted by Gasteiger charge is -1.95. The van der Waals surface area contributed by atoms with Crippen LogP contribution in [0.25, 0.3) is 0 Å². The first-order chi connectivity index (χ1) is 6.33. The van der Waals surface area contributed by atoms with Gasteiger partial charge in [-0.3, -0.25) is 5.43 Å². The lowest BCUT2D eigenvalue weighted by atomic mass is 10.2. The van der Waals surface area contributed by atoms with E-state index in [9.17, 15) is 0 Å². The van der Waals surface area contributed by atoms with E-state index in [1.807, 2.05) is 24.3 Å². The zero-order valence-electron chi connectivity index (χ0n) is 7.20. The number of hydrogen-bond donors (Lipinski definition) is 1. The van der Waals surface area contributed by atoms with Crippen LogP contribution < -0.4 is 5.43 Å². The highest BCUT2D eigenvalue weighted by atomic mass is 35.5. The number of hydrogen-bond acceptors (Lipinski definition) is 2. The molecule has 0 amide bonds. The smallest absolute Gasteiger partial charge is 0.0408 e. The molecule has 0 spiro atoms. The maximum atomic E-state index is 5.81. The van der Waals surface area contributed by atoms with Gasteiger partial charge in [-0.25, -0.2) is 0 Å². The zero-order chi connectivity index (χ0) is 9.52. The predicted octanol–water partition coefficient (Wildman–Crippen LogP) is 2.60. The molecule has 13 heavy (non-hydrogen) atoms. The Bertz CT molecular complexity index is 308. The maximum Gasteiger partial charge on any atom is 0.0408 e. The van der Waals surface area contributed by atoms with Crippen molar-refractivity contribution >= 4 is 17.8 Å². The van der Waals surface area contributed by atoms with Gasteiger partial charge in [-0.15, -0.1) is 0 Å². The summed E-state index contributed by atoms with van der Waals surface area (Å²) in [6, 6.07) is 7.70. The molecule has 1 aromatic carbocycles. The summed E-state index contributed by atoms with van der Waals surface area (Å²) in [4.78, 5) is 0. The molecule has 0 fully saturated rings. The summed E-state index contributed by atoms with van der Waals surface area (Å²) in [6.07, 6.45) is 4.06. The molecule has 0 aliphatic carbocycles. The number of nitrogens with zero attached hydrogens (tertiary/aromatic N) is 1. The summed E-state index contributed by atoms with van der Waals surface area (Å²) in [5, 5.41) is 4.63. The largest absolute Gasteiger partial charge is 0.287 e. The molecule has 0 aromatic heterocycles. The molecule has 0 saturated heterocycles. The van der Waals surface area contributed by atoms with Gasteiger partial charge in [-0.1, -0.05) is 30.3 Å². The molecule has 0 heterocycles.